The number of aliphatic carboxylic acids is 2. The van der Waals surface area contributed by atoms with Gasteiger partial charge in [0.25, 0.3) is 5.91 Å². The average molecular weight is 418 g/mol. The molecule has 0 radical (unpaired) electrons. The van der Waals surface area contributed by atoms with E-state index in [1.165, 1.54) is 12.1 Å². The number of ether oxygens (including phenoxy) is 1. The molecule has 160 valence electrons. The van der Waals surface area contributed by atoms with Crippen molar-refractivity contribution in [3.8, 4) is 5.75 Å². The van der Waals surface area contributed by atoms with Gasteiger partial charge in [0.05, 0.1) is 12.7 Å². The lowest BCUT2D eigenvalue weighted by molar-refractivity contribution is -0.159. The third kappa shape index (κ3) is 6.56. The van der Waals surface area contributed by atoms with Crippen LogP contribution in [0.2, 0.25) is 0 Å². The van der Waals surface area contributed by atoms with Crippen LogP contribution in [0.5, 0.6) is 5.75 Å². The number of amides is 1. The minimum Gasteiger partial charge on any atom is -0.496 e. The Kier molecular flexibility index (Phi) is 8.30. The Hall–Kier alpha value is -3.46. The van der Waals surface area contributed by atoms with Crippen molar-refractivity contribution in [1.82, 2.24) is 9.80 Å². The van der Waals surface area contributed by atoms with E-state index < -0.39 is 11.9 Å². The molecule has 9 heteroatoms. The summed E-state index contributed by atoms with van der Waals surface area (Å²) in [5, 5.41) is 14.8. The van der Waals surface area contributed by atoms with Gasteiger partial charge in [0, 0.05) is 32.7 Å². The largest absolute Gasteiger partial charge is 0.496 e. The maximum atomic E-state index is 13.0. The lowest BCUT2D eigenvalue weighted by Crippen LogP contribution is -2.48. The van der Waals surface area contributed by atoms with Gasteiger partial charge in [0.2, 0.25) is 0 Å². The van der Waals surface area contributed by atoms with Crippen molar-refractivity contribution in [3.63, 3.8) is 0 Å². The molecule has 3 rings (SSSR count). The summed E-state index contributed by atoms with van der Waals surface area (Å²) in [5.41, 5.74) is 1.69. The van der Waals surface area contributed by atoms with E-state index in [9.17, 15) is 9.18 Å². The van der Waals surface area contributed by atoms with Crippen LogP contribution >= 0.6 is 0 Å². The van der Waals surface area contributed by atoms with Gasteiger partial charge in [-0.1, -0.05) is 24.3 Å². The second kappa shape index (κ2) is 10.9. The SMILES string of the molecule is COc1ccccc1C(=O)N1CCN(Cc2ccc(F)cc2)CC1.O=C(O)C(=O)O. The van der Waals surface area contributed by atoms with Crippen molar-refractivity contribution < 1.29 is 33.7 Å². The molecular formula is C21H23FN2O6. The molecule has 0 aromatic heterocycles. The smallest absolute Gasteiger partial charge is 0.414 e. The zero-order valence-corrected chi connectivity index (χ0v) is 16.5. The predicted octanol–water partition coefficient (Wildman–Crippen LogP) is 1.95. The summed E-state index contributed by atoms with van der Waals surface area (Å²) in [6.45, 7) is 3.74. The molecule has 2 aromatic rings. The van der Waals surface area contributed by atoms with Crippen molar-refractivity contribution in [2.75, 3.05) is 33.3 Å². The number of carboxylic acid groups (broad SMARTS) is 2. The van der Waals surface area contributed by atoms with Gasteiger partial charge in [-0.25, -0.2) is 14.0 Å². The molecule has 0 atom stereocenters. The van der Waals surface area contributed by atoms with Crippen LogP contribution in [0.25, 0.3) is 0 Å². The summed E-state index contributed by atoms with van der Waals surface area (Å²) in [6.07, 6.45) is 0. The third-order valence-corrected chi connectivity index (χ3v) is 4.50. The van der Waals surface area contributed by atoms with Gasteiger partial charge in [-0.05, 0) is 29.8 Å². The maximum absolute atomic E-state index is 13.0. The highest BCUT2D eigenvalue weighted by molar-refractivity contribution is 6.27. The van der Waals surface area contributed by atoms with Crippen molar-refractivity contribution in [3.05, 3.63) is 65.5 Å². The topological polar surface area (TPSA) is 107 Å². The summed E-state index contributed by atoms with van der Waals surface area (Å²) < 4.78 is 18.2. The van der Waals surface area contributed by atoms with Crippen LogP contribution in [0.4, 0.5) is 4.39 Å². The second-order valence-electron chi connectivity index (χ2n) is 6.51. The molecule has 30 heavy (non-hydrogen) atoms. The molecule has 0 saturated carbocycles. The molecule has 2 aromatic carbocycles. The number of methoxy groups -OCH3 is 1. The number of benzene rings is 2. The highest BCUT2D eigenvalue weighted by Crippen LogP contribution is 2.20. The highest BCUT2D eigenvalue weighted by atomic mass is 19.1. The molecule has 1 amide bonds. The minimum absolute atomic E-state index is 0.00822. The predicted molar refractivity (Wildman–Crippen MR) is 106 cm³/mol. The molecule has 1 aliphatic heterocycles. The quantitative estimate of drug-likeness (QED) is 0.731. The summed E-state index contributed by atoms with van der Waals surface area (Å²) in [5.74, 6) is -3.25. The average Bonchev–Trinajstić information content (AvgIpc) is 2.75. The van der Waals surface area contributed by atoms with Crippen molar-refractivity contribution in [2.45, 2.75) is 6.54 Å². The molecule has 0 aliphatic carbocycles. The van der Waals surface area contributed by atoms with Gasteiger partial charge >= 0.3 is 11.9 Å². The van der Waals surface area contributed by atoms with Crippen LogP contribution in [0.15, 0.2) is 48.5 Å². The molecule has 1 aliphatic rings. The van der Waals surface area contributed by atoms with Crippen LogP contribution < -0.4 is 4.74 Å². The number of nitrogens with zero attached hydrogens (tertiary/aromatic N) is 2. The summed E-state index contributed by atoms with van der Waals surface area (Å²) in [7, 11) is 1.58. The number of rotatable bonds is 4. The van der Waals surface area contributed by atoms with E-state index >= 15 is 0 Å². The van der Waals surface area contributed by atoms with E-state index in [0.29, 0.717) is 24.4 Å². The van der Waals surface area contributed by atoms with Gasteiger partial charge < -0.3 is 19.8 Å². The molecule has 0 spiro atoms. The third-order valence-electron chi connectivity index (χ3n) is 4.50. The fourth-order valence-corrected chi connectivity index (χ4v) is 2.95. The lowest BCUT2D eigenvalue weighted by Gasteiger charge is -2.35. The Morgan fingerprint density at radius 1 is 0.933 bits per heavy atom. The van der Waals surface area contributed by atoms with Crippen LogP contribution in [-0.4, -0.2) is 71.1 Å². The Morgan fingerprint density at radius 2 is 1.50 bits per heavy atom. The number of piperazine rings is 1. The number of carbonyl (C=O) groups excluding carboxylic acids is 1. The number of hydrogen-bond donors (Lipinski definition) is 2. The van der Waals surface area contributed by atoms with Crippen LogP contribution in [-0.2, 0) is 16.1 Å². The van der Waals surface area contributed by atoms with Crippen molar-refractivity contribution in [1.29, 1.82) is 0 Å². The number of carboxylic acids is 2. The summed E-state index contributed by atoms with van der Waals surface area (Å²) >= 11 is 0. The Balaban J connectivity index is 0.000000469. The normalized spacial score (nSPS) is 13.7. The molecule has 0 unspecified atom stereocenters. The van der Waals surface area contributed by atoms with Crippen molar-refractivity contribution >= 4 is 17.8 Å². The molecule has 1 fully saturated rings. The molecule has 2 N–H and O–H groups in total. The van der Waals surface area contributed by atoms with Gasteiger partial charge in [0.1, 0.15) is 11.6 Å². The van der Waals surface area contributed by atoms with E-state index in [1.807, 2.05) is 29.2 Å². The monoisotopic (exact) mass is 418 g/mol. The number of carbonyl (C=O) groups is 3. The van der Waals surface area contributed by atoms with Crippen molar-refractivity contribution in [2.24, 2.45) is 0 Å². The molecule has 0 bridgehead atoms. The Bertz CT molecular complexity index is 867. The van der Waals surface area contributed by atoms with Crippen LogP contribution in [0.3, 0.4) is 0 Å². The number of para-hydroxylation sites is 1. The standard InChI is InChI=1S/C19H21FN2O2.C2H2O4/c1-24-18-5-3-2-4-17(18)19(23)22-12-10-21(11-13-22)14-15-6-8-16(20)9-7-15;3-1(4)2(5)6/h2-9H,10-14H2,1H3;(H,3,4)(H,5,6). The highest BCUT2D eigenvalue weighted by Gasteiger charge is 2.24. The van der Waals surface area contributed by atoms with E-state index in [0.717, 1.165) is 25.2 Å². The van der Waals surface area contributed by atoms with Gasteiger partial charge in [-0.15, -0.1) is 0 Å². The zero-order valence-electron chi connectivity index (χ0n) is 16.5. The van der Waals surface area contributed by atoms with Crippen LogP contribution in [0, 0.1) is 5.82 Å². The van der Waals surface area contributed by atoms with Gasteiger partial charge in [0.15, 0.2) is 0 Å². The first-order valence-corrected chi connectivity index (χ1v) is 9.17. The second-order valence-corrected chi connectivity index (χ2v) is 6.51. The van der Waals surface area contributed by atoms with Gasteiger partial charge in [-0.2, -0.15) is 0 Å². The van der Waals surface area contributed by atoms with E-state index in [2.05, 4.69) is 4.90 Å². The fraction of sp³-hybridized carbons (Fsp3) is 0.286. The number of hydrogen-bond acceptors (Lipinski definition) is 5. The molecular weight excluding hydrogens is 395 g/mol. The first kappa shape index (κ1) is 22.8. The first-order chi connectivity index (χ1) is 14.3. The van der Waals surface area contributed by atoms with Gasteiger partial charge in [-0.3, -0.25) is 9.69 Å². The number of halogens is 1. The maximum Gasteiger partial charge on any atom is 0.414 e. The Labute approximate surface area is 173 Å². The molecule has 1 heterocycles. The summed E-state index contributed by atoms with van der Waals surface area (Å²) in [4.78, 5) is 35.0. The molecule has 1 saturated heterocycles. The van der Waals surface area contributed by atoms with E-state index in [1.54, 1.807) is 19.2 Å². The zero-order chi connectivity index (χ0) is 22.1. The Morgan fingerprint density at radius 3 is 2.03 bits per heavy atom. The summed E-state index contributed by atoms with van der Waals surface area (Å²) in [6, 6.07) is 13.9. The lowest BCUT2D eigenvalue weighted by atomic mass is 10.1. The molecule has 8 nitrogen and oxygen atoms in total. The first-order valence-electron chi connectivity index (χ1n) is 9.17. The fourth-order valence-electron chi connectivity index (χ4n) is 2.95. The van der Waals surface area contributed by atoms with E-state index in [-0.39, 0.29) is 11.7 Å². The van der Waals surface area contributed by atoms with Crippen LogP contribution in [0.1, 0.15) is 15.9 Å². The van der Waals surface area contributed by atoms with E-state index in [4.69, 9.17) is 24.5 Å². The minimum atomic E-state index is -1.82.